The molecule has 0 aliphatic heterocycles. The van der Waals surface area contributed by atoms with Gasteiger partial charge in [0, 0.05) is 6.42 Å². The molecule has 1 unspecified atom stereocenters. The van der Waals surface area contributed by atoms with E-state index in [1.165, 1.54) is 0 Å². The molecule has 0 aliphatic carbocycles. The van der Waals surface area contributed by atoms with Gasteiger partial charge in [-0.05, 0) is 44.4 Å². The largest absolute Gasteiger partial charge is 0.456 e. The average Bonchev–Trinajstić information content (AvgIpc) is 2.27. The SMILES string of the molecule is CC(CC#N)c1ccc(C(=O)OC(C)(C)C)cc1. The first-order valence-corrected chi connectivity index (χ1v) is 6.04. The van der Waals surface area contributed by atoms with Crippen LogP contribution in [0, 0.1) is 11.3 Å². The smallest absolute Gasteiger partial charge is 0.338 e. The quantitative estimate of drug-likeness (QED) is 0.763. The van der Waals surface area contributed by atoms with Crippen LogP contribution in [0.3, 0.4) is 0 Å². The van der Waals surface area contributed by atoms with Crippen LogP contribution in [0.15, 0.2) is 24.3 Å². The summed E-state index contributed by atoms with van der Waals surface area (Å²) >= 11 is 0. The number of esters is 1. The summed E-state index contributed by atoms with van der Waals surface area (Å²) in [6.45, 7) is 7.52. The minimum atomic E-state index is -0.482. The summed E-state index contributed by atoms with van der Waals surface area (Å²) in [6.07, 6.45) is 0.478. The van der Waals surface area contributed by atoms with E-state index in [2.05, 4.69) is 6.07 Å². The highest BCUT2D eigenvalue weighted by Gasteiger charge is 2.17. The van der Waals surface area contributed by atoms with Crippen molar-refractivity contribution in [3.8, 4) is 6.07 Å². The fraction of sp³-hybridized carbons (Fsp3) is 0.467. The fourth-order valence-electron chi connectivity index (χ4n) is 1.54. The van der Waals surface area contributed by atoms with E-state index < -0.39 is 5.60 Å². The van der Waals surface area contributed by atoms with E-state index in [1.54, 1.807) is 12.1 Å². The lowest BCUT2D eigenvalue weighted by Gasteiger charge is -2.19. The molecule has 0 aliphatic rings. The van der Waals surface area contributed by atoms with Crippen molar-refractivity contribution in [2.45, 2.75) is 45.6 Å². The standard InChI is InChI=1S/C15H19NO2/c1-11(9-10-16)12-5-7-13(8-6-12)14(17)18-15(2,3)4/h5-8,11H,9H2,1-4H3. The summed E-state index contributed by atoms with van der Waals surface area (Å²) in [5.74, 6) is -0.135. The summed E-state index contributed by atoms with van der Waals surface area (Å²) in [5, 5.41) is 8.64. The summed E-state index contributed by atoms with van der Waals surface area (Å²) in [5.41, 5.74) is 1.12. The molecule has 0 saturated heterocycles. The Morgan fingerprint density at radius 1 is 1.33 bits per heavy atom. The van der Waals surface area contributed by atoms with Gasteiger partial charge in [-0.3, -0.25) is 0 Å². The van der Waals surface area contributed by atoms with Crippen LogP contribution in [0.25, 0.3) is 0 Å². The molecule has 1 aromatic rings. The van der Waals surface area contributed by atoms with Crippen LogP contribution in [-0.2, 0) is 4.74 Å². The number of rotatable bonds is 3. The molecule has 0 spiro atoms. The van der Waals surface area contributed by atoms with Crippen molar-refractivity contribution in [2.24, 2.45) is 0 Å². The lowest BCUT2D eigenvalue weighted by Crippen LogP contribution is -2.23. The van der Waals surface area contributed by atoms with Gasteiger partial charge in [-0.1, -0.05) is 19.1 Å². The van der Waals surface area contributed by atoms with Crippen molar-refractivity contribution in [2.75, 3.05) is 0 Å². The Kier molecular flexibility index (Phi) is 4.49. The van der Waals surface area contributed by atoms with Crippen LogP contribution in [0.1, 0.15) is 56.0 Å². The maximum Gasteiger partial charge on any atom is 0.338 e. The van der Waals surface area contributed by atoms with Crippen molar-refractivity contribution in [1.29, 1.82) is 5.26 Å². The molecular weight excluding hydrogens is 226 g/mol. The van der Waals surface area contributed by atoms with Crippen LogP contribution in [-0.4, -0.2) is 11.6 Å². The zero-order valence-corrected chi connectivity index (χ0v) is 11.4. The predicted octanol–water partition coefficient (Wildman–Crippen LogP) is 3.66. The Labute approximate surface area is 108 Å². The van der Waals surface area contributed by atoms with Crippen LogP contribution < -0.4 is 0 Å². The number of benzene rings is 1. The van der Waals surface area contributed by atoms with Gasteiger partial charge in [0.15, 0.2) is 0 Å². The van der Waals surface area contributed by atoms with Crippen LogP contribution in [0.4, 0.5) is 0 Å². The molecule has 0 N–H and O–H groups in total. The number of carbonyl (C=O) groups excluding carboxylic acids is 1. The van der Waals surface area contributed by atoms with Crippen molar-refractivity contribution >= 4 is 5.97 Å². The van der Waals surface area contributed by atoms with Crippen LogP contribution in [0.5, 0.6) is 0 Å². The highest BCUT2D eigenvalue weighted by molar-refractivity contribution is 5.89. The number of carbonyl (C=O) groups is 1. The highest BCUT2D eigenvalue weighted by atomic mass is 16.6. The Morgan fingerprint density at radius 3 is 2.33 bits per heavy atom. The molecule has 1 rings (SSSR count). The van der Waals surface area contributed by atoms with Gasteiger partial charge in [0.2, 0.25) is 0 Å². The second-order valence-corrected chi connectivity index (χ2v) is 5.39. The molecule has 0 amide bonds. The fourth-order valence-corrected chi connectivity index (χ4v) is 1.54. The molecule has 3 nitrogen and oxygen atoms in total. The van der Waals surface area contributed by atoms with E-state index in [0.717, 1.165) is 5.56 Å². The minimum Gasteiger partial charge on any atom is -0.456 e. The Balaban J connectivity index is 2.77. The number of nitriles is 1. The lowest BCUT2D eigenvalue weighted by molar-refractivity contribution is 0.00695. The predicted molar refractivity (Wildman–Crippen MR) is 70.3 cm³/mol. The molecule has 1 aromatic carbocycles. The highest BCUT2D eigenvalue weighted by Crippen LogP contribution is 2.20. The third kappa shape index (κ3) is 4.21. The summed E-state index contributed by atoms with van der Waals surface area (Å²) in [7, 11) is 0. The Hall–Kier alpha value is -1.82. The Bertz CT molecular complexity index is 449. The maximum absolute atomic E-state index is 11.8. The molecule has 0 heterocycles. The van der Waals surface area contributed by atoms with Gasteiger partial charge >= 0.3 is 5.97 Å². The molecule has 3 heteroatoms. The summed E-state index contributed by atoms with van der Waals surface area (Å²) < 4.78 is 5.28. The topological polar surface area (TPSA) is 50.1 Å². The molecule has 96 valence electrons. The molecule has 0 saturated carbocycles. The first-order valence-electron chi connectivity index (χ1n) is 6.04. The number of hydrogen-bond acceptors (Lipinski definition) is 3. The Morgan fingerprint density at radius 2 is 1.89 bits per heavy atom. The number of hydrogen-bond donors (Lipinski definition) is 0. The van der Waals surface area contributed by atoms with Crippen LogP contribution in [0.2, 0.25) is 0 Å². The van der Waals surface area contributed by atoms with Gasteiger partial charge in [0.05, 0.1) is 11.6 Å². The van der Waals surface area contributed by atoms with Gasteiger partial charge in [-0.15, -0.1) is 0 Å². The zero-order chi connectivity index (χ0) is 13.8. The summed E-state index contributed by atoms with van der Waals surface area (Å²) in [6, 6.07) is 9.39. The monoisotopic (exact) mass is 245 g/mol. The zero-order valence-electron chi connectivity index (χ0n) is 11.4. The first-order chi connectivity index (χ1) is 8.33. The lowest BCUT2D eigenvalue weighted by atomic mass is 9.97. The molecule has 18 heavy (non-hydrogen) atoms. The van der Waals surface area contributed by atoms with Crippen LogP contribution >= 0.6 is 0 Å². The van der Waals surface area contributed by atoms with Gasteiger partial charge in [-0.2, -0.15) is 5.26 Å². The molecule has 0 fully saturated rings. The third-order valence-corrected chi connectivity index (χ3v) is 2.51. The first kappa shape index (κ1) is 14.2. The number of nitrogens with zero attached hydrogens (tertiary/aromatic N) is 1. The van der Waals surface area contributed by atoms with Gasteiger partial charge in [0.25, 0.3) is 0 Å². The summed E-state index contributed by atoms with van der Waals surface area (Å²) in [4.78, 5) is 11.8. The minimum absolute atomic E-state index is 0.183. The van der Waals surface area contributed by atoms with E-state index >= 15 is 0 Å². The average molecular weight is 245 g/mol. The van der Waals surface area contributed by atoms with E-state index in [0.29, 0.717) is 12.0 Å². The van der Waals surface area contributed by atoms with E-state index in [1.807, 2.05) is 39.8 Å². The second kappa shape index (κ2) is 5.68. The molecule has 0 radical (unpaired) electrons. The van der Waals surface area contributed by atoms with Gasteiger partial charge < -0.3 is 4.74 Å². The van der Waals surface area contributed by atoms with Crippen molar-refractivity contribution in [3.05, 3.63) is 35.4 Å². The molecular formula is C15H19NO2. The third-order valence-electron chi connectivity index (χ3n) is 2.51. The van der Waals surface area contributed by atoms with E-state index in [9.17, 15) is 4.79 Å². The molecule has 0 bridgehead atoms. The van der Waals surface area contributed by atoms with Gasteiger partial charge in [0.1, 0.15) is 5.60 Å². The second-order valence-electron chi connectivity index (χ2n) is 5.39. The van der Waals surface area contributed by atoms with Crippen molar-refractivity contribution in [3.63, 3.8) is 0 Å². The van der Waals surface area contributed by atoms with Crippen molar-refractivity contribution in [1.82, 2.24) is 0 Å². The van der Waals surface area contributed by atoms with E-state index in [-0.39, 0.29) is 11.9 Å². The van der Waals surface area contributed by atoms with Crippen molar-refractivity contribution < 1.29 is 9.53 Å². The van der Waals surface area contributed by atoms with Gasteiger partial charge in [-0.25, -0.2) is 4.79 Å². The molecule has 1 atom stereocenters. The maximum atomic E-state index is 11.8. The number of ether oxygens (including phenoxy) is 1. The normalized spacial score (nSPS) is 12.6. The molecule has 0 aromatic heterocycles. The van der Waals surface area contributed by atoms with E-state index in [4.69, 9.17) is 10.00 Å².